The quantitative estimate of drug-likeness (QED) is 0.571. The maximum absolute atomic E-state index is 12.6. The van der Waals surface area contributed by atoms with E-state index in [0.717, 1.165) is 19.3 Å². The van der Waals surface area contributed by atoms with Crippen LogP contribution in [0.5, 0.6) is 0 Å². The van der Waals surface area contributed by atoms with Gasteiger partial charge in [0.05, 0.1) is 6.54 Å². The Morgan fingerprint density at radius 3 is 2.44 bits per heavy atom. The summed E-state index contributed by atoms with van der Waals surface area (Å²) in [5.41, 5.74) is 4.97. The van der Waals surface area contributed by atoms with Gasteiger partial charge < -0.3 is 16.0 Å². The number of H-pyrrole nitrogens is 1. The largest absolute Gasteiger partial charge is 0.383 e. The van der Waals surface area contributed by atoms with Crippen molar-refractivity contribution in [2.45, 2.75) is 72.9 Å². The van der Waals surface area contributed by atoms with Crippen LogP contribution >= 0.6 is 0 Å². The molecule has 0 bridgehead atoms. The first-order chi connectivity index (χ1) is 12.5. The molecule has 0 aliphatic rings. The third-order valence-corrected chi connectivity index (χ3v) is 4.55. The van der Waals surface area contributed by atoms with Gasteiger partial charge in [-0.1, -0.05) is 34.1 Å². The summed E-state index contributed by atoms with van der Waals surface area (Å²) in [6.45, 7) is 12.8. The molecule has 0 spiro atoms. The van der Waals surface area contributed by atoms with E-state index in [1.807, 2.05) is 41.5 Å². The monoisotopic (exact) mass is 381 g/mol. The van der Waals surface area contributed by atoms with E-state index < -0.39 is 11.2 Å². The van der Waals surface area contributed by atoms with Gasteiger partial charge in [0.15, 0.2) is 0 Å². The lowest BCUT2D eigenvalue weighted by molar-refractivity contribution is -0.121. The summed E-state index contributed by atoms with van der Waals surface area (Å²) in [5, 5.41) is 2.98. The van der Waals surface area contributed by atoms with E-state index in [0.29, 0.717) is 13.1 Å². The van der Waals surface area contributed by atoms with Gasteiger partial charge in [-0.3, -0.25) is 19.1 Å². The molecule has 1 aromatic heterocycles. The number of aromatic amines is 1. The van der Waals surface area contributed by atoms with Crippen LogP contribution in [0.1, 0.15) is 60.8 Å². The molecular formula is C19H35N5O3. The summed E-state index contributed by atoms with van der Waals surface area (Å²) < 4.78 is 1.38. The van der Waals surface area contributed by atoms with Crippen LogP contribution < -0.4 is 27.2 Å². The van der Waals surface area contributed by atoms with E-state index in [4.69, 9.17) is 5.73 Å². The van der Waals surface area contributed by atoms with Crippen LogP contribution in [0.2, 0.25) is 0 Å². The molecular weight excluding hydrogens is 346 g/mol. The topological polar surface area (TPSA) is 113 Å². The van der Waals surface area contributed by atoms with E-state index in [1.54, 1.807) is 4.90 Å². The van der Waals surface area contributed by atoms with Crippen molar-refractivity contribution in [3.05, 3.63) is 20.8 Å². The molecule has 1 heterocycles. The van der Waals surface area contributed by atoms with Crippen molar-refractivity contribution in [1.29, 1.82) is 0 Å². The van der Waals surface area contributed by atoms with Crippen LogP contribution in [-0.2, 0) is 11.3 Å². The summed E-state index contributed by atoms with van der Waals surface area (Å²) >= 11 is 0. The van der Waals surface area contributed by atoms with Crippen molar-refractivity contribution in [1.82, 2.24) is 14.9 Å². The third-order valence-electron chi connectivity index (χ3n) is 4.55. The summed E-state index contributed by atoms with van der Waals surface area (Å²) in [6.07, 6.45) is 2.45. The molecule has 4 N–H and O–H groups in total. The highest BCUT2D eigenvalue weighted by Gasteiger charge is 2.24. The van der Waals surface area contributed by atoms with Gasteiger partial charge in [-0.05, 0) is 32.6 Å². The molecule has 0 unspecified atom stereocenters. The van der Waals surface area contributed by atoms with Crippen molar-refractivity contribution in [3.63, 3.8) is 0 Å². The number of unbranched alkanes of at least 4 members (excludes halogenated alkanes) is 1. The van der Waals surface area contributed by atoms with E-state index in [2.05, 4.69) is 10.3 Å². The second kappa shape index (κ2) is 9.62. The van der Waals surface area contributed by atoms with Gasteiger partial charge in [-0.25, -0.2) is 4.79 Å². The number of nitrogens with two attached hydrogens (primary N) is 1. The number of hydrogen-bond acceptors (Lipinski definition) is 5. The van der Waals surface area contributed by atoms with Crippen molar-refractivity contribution in [2.24, 2.45) is 5.92 Å². The molecule has 1 rings (SSSR count). The number of hydrogen-bond donors (Lipinski definition) is 3. The summed E-state index contributed by atoms with van der Waals surface area (Å²) in [6, 6.07) is 0. The zero-order chi connectivity index (χ0) is 20.8. The lowest BCUT2D eigenvalue weighted by atomic mass is 10.0. The lowest BCUT2D eigenvalue weighted by Gasteiger charge is -2.30. The molecule has 0 atom stereocenters. The maximum atomic E-state index is 12.6. The van der Waals surface area contributed by atoms with Crippen LogP contribution in [0.4, 0.5) is 11.5 Å². The molecule has 0 aliphatic heterocycles. The number of carbonyl (C=O) groups excluding carboxylic acids is 1. The average Bonchev–Trinajstić information content (AvgIpc) is 2.53. The number of amides is 1. The number of aromatic nitrogens is 2. The average molecular weight is 382 g/mol. The van der Waals surface area contributed by atoms with E-state index in [1.165, 1.54) is 4.57 Å². The van der Waals surface area contributed by atoms with Crippen molar-refractivity contribution >= 4 is 17.4 Å². The molecule has 0 aromatic carbocycles. The Kier molecular flexibility index (Phi) is 8.12. The zero-order valence-corrected chi connectivity index (χ0v) is 17.5. The van der Waals surface area contributed by atoms with Crippen LogP contribution in [0, 0.1) is 5.92 Å². The molecule has 154 valence electrons. The van der Waals surface area contributed by atoms with Crippen molar-refractivity contribution in [2.75, 3.05) is 23.7 Å². The van der Waals surface area contributed by atoms with Crippen molar-refractivity contribution in [3.8, 4) is 0 Å². The fourth-order valence-corrected chi connectivity index (χ4v) is 2.78. The fraction of sp³-hybridized carbons (Fsp3) is 0.737. The van der Waals surface area contributed by atoms with Gasteiger partial charge in [0.2, 0.25) is 5.91 Å². The second-order valence-corrected chi connectivity index (χ2v) is 8.06. The molecule has 0 fully saturated rings. The molecule has 0 saturated carbocycles. The third kappa shape index (κ3) is 6.45. The predicted molar refractivity (Wildman–Crippen MR) is 110 cm³/mol. The predicted octanol–water partition coefficient (Wildman–Crippen LogP) is 1.69. The molecule has 0 radical (unpaired) electrons. The Labute approximate surface area is 161 Å². The molecule has 1 aromatic rings. The van der Waals surface area contributed by atoms with Gasteiger partial charge in [0, 0.05) is 18.6 Å². The Morgan fingerprint density at radius 1 is 1.30 bits per heavy atom. The SMILES string of the molecule is CCCCn1c(N)c(N(CC(=O)NC(C)(C)CC)CC(C)C)c(=O)[nH]c1=O. The molecule has 8 nitrogen and oxygen atoms in total. The Bertz CT molecular complexity index is 749. The highest BCUT2D eigenvalue weighted by atomic mass is 16.2. The van der Waals surface area contributed by atoms with E-state index in [-0.39, 0.29) is 35.4 Å². The van der Waals surface area contributed by atoms with E-state index >= 15 is 0 Å². The summed E-state index contributed by atoms with van der Waals surface area (Å²) in [4.78, 5) is 41.2. The summed E-state index contributed by atoms with van der Waals surface area (Å²) in [7, 11) is 0. The van der Waals surface area contributed by atoms with Gasteiger partial charge in [-0.2, -0.15) is 0 Å². The standard InChI is InChI=1S/C19H35N5O3/c1-7-9-10-24-16(20)15(17(26)21-18(24)27)23(11-13(3)4)12-14(25)22-19(5,6)8-2/h13H,7-12,20H2,1-6H3,(H,22,25)(H,21,26,27). The minimum Gasteiger partial charge on any atom is -0.383 e. The highest BCUT2D eigenvalue weighted by molar-refractivity contribution is 5.83. The highest BCUT2D eigenvalue weighted by Crippen LogP contribution is 2.18. The Morgan fingerprint density at radius 2 is 1.93 bits per heavy atom. The molecule has 1 amide bonds. The second-order valence-electron chi connectivity index (χ2n) is 8.06. The first kappa shape index (κ1) is 22.8. The maximum Gasteiger partial charge on any atom is 0.330 e. The number of nitrogens with zero attached hydrogens (tertiary/aromatic N) is 2. The van der Waals surface area contributed by atoms with Crippen LogP contribution in [-0.4, -0.2) is 34.1 Å². The van der Waals surface area contributed by atoms with Crippen LogP contribution in [0.3, 0.4) is 0 Å². The van der Waals surface area contributed by atoms with Crippen molar-refractivity contribution < 1.29 is 4.79 Å². The Hall–Kier alpha value is -2.25. The normalized spacial score (nSPS) is 11.7. The number of nitrogens with one attached hydrogen (secondary N) is 2. The van der Waals surface area contributed by atoms with Gasteiger partial charge >= 0.3 is 5.69 Å². The molecule has 8 heteroatoms. The number of nitrogen functional groups attached to an aromatic ring is 1. The van der Waals surface area contributed by atoms with Gasteiger partial charge in [0.25, 0.3) is 5.56 Å². The Balaban J connectivity index is 3.29. The fourth-order valence-electron chi connectivity index (χ4n) is 2.78. The summed E-state index contributed by atoms with van der Waals surface area (Å²) in [5.74, 6) is 0.125. The zero-order valence-electron chi connectivity index (χ0n) is 17.5. The molecule has 0 aliphatic carbocycles. The van der Waals surface area contributed by atoms with Gasteiger partial charge in [0.1, 0.15) is 11.5 Å². The minimum atomic E-state index is -0.562. The number of rotatable bonds is 10. The minimum absolute atomic E-state index is 0.000865. The molecule has 27 heavy (non-hydrogen) atoms. The smallest absolute Gasteiger partial charge is 0.330 e. The molecule has 0 saturated heterocycles. The van der Waals surface area contributed by atoms with Gasteiger partial charge in [-0.15, -0.1) is 0 Å². The van der Waals surface area contributed by atoms with Crippen LogP contribution in [0.15, 0.2) is 9.59 Å². The number of anilines is 2. The first-order valence-corrected chi connectivity index (χ1v) is 9.70. The van der Waals surface area contributed by atoms with Crippen LogP contribution in [0.25, 0.3) is 0 Å². The first-order valence-electron chi connectivity index (χ1n) is 9.70. The lowest BCUT2D eigenvalue weighted by Crippen LogP contribution is -2.49. The number of carbonyl (C=O) groups is 1. The van der Waals surface area contributed by atoms with E-state index in [9.17, 15) is 14.4 Å².